The van der Waals surface area contributed by atoms with Gasteiger partial charge in [-0.05, 0) is 30.3 Å². The number of fused-ring (bicyclic) bond motifs is 1. The number of methoxy groups -OCH3 is 2. The number of hydrogen-bond acceptors (Lipinski definition) is 8. The average molecular weight is 478 g/mol. The average Bonchev–Trinajstić information content (AvgIpc) is 3.23. The second kappa shape index (κ2) is 9.85. The first kappa shape index (κ1) is 23.0. The van der Waals surface area contributed by atoms with Crippen LogP contribution in [0.15, 0.2) is 48.5 Å². The van der Waals surface area contributed by atoms with Crippen LogP contribution in [0.1, 0.15) is 0 Å². The van der Waals surface area contributed by atoms with Gasteiger partial charge in [0.1, 0.15) is 17.4 Å². The van der Waals surface area contributed by atoms with E-state index in [4.69, 9.17) is 25.2 Å². The van der Waals surface area contributed by atoms with Crippen LogP contribution < -0.4 is 15.4 Å². The van der Waals surface area contributed by atoms with Crippen molar-refractivity contribution in [2.24, 2.45) is 0 Å². The molecule has 0 atom stereocenters. The molecule has 10 heteroatoms. The minimum absolute atomic E-state index is 0.336. The molecule has 2 aromatic carbocycles. The lowest BCUT2D eigenvalue weighted by Crippen LogP contribution is -2.47. The fourth-order valence-corrected chi connectivity index (χ4v) is 4.37. The highest BCUT2D eigenvalue weighted by Gasteiger charge is 2.25. The van der Waals surface area contributed by atoms with Crippen LogP contribution in [-0.2, 0) is 4.74 Å². The van der Waals surface area contributed by atoms with E-state index in [9.17, 15) is 4.39 Å². The zero-order valence-electron chi connectivity index (χ0n) is 19.8. The monoisotopic (exact) mass is 477 g/mol. The lowest BCUT2D eigenvalue weighted by atomic mass is 10.1. The molecule has 2 N–H and O–H groups in total. The highest BCUT2D eigenvalue weighted by atomic mass is 19.1. The van der Waals surface area contributed by atoms with Crippen molar-refractivity contribution in [1.29, 1.82) is 0 Å². The molecule has 0 spiro atoms. The molecule has 0 amide bonds. The Labute approximate surface area is 202 Å². The molecule has 1 aliphatic heterocycles. The second-order valence-electron chi connectivity index (χ2n) is 8.37. The number of halogens is 1. The largest absolute Gasteiger partial charge is 0.496 e. The highest BCUT2D eigenvalue weighted by molar-refractivity contribution is 6.00. The highest BCUT2D eigenvalue weighted by Crippen LogP contribution is 2.37. The second-order valence-corrected chi connectivity index (χ2v) is 8.37. The van der Waals surface area contributed by atoms with Crippen molar-refractivity contribution >= 4 is 22.8 Å². The van der Waals surface area contributed by atoms with Crippen molar-refractivity contribution in [3.63, 3.8) is 0 Å². The number of nitrogen functional groups attached to an aromatic ring is 1. The van der Waals surface area contributed by atoms with E-state index in [2.05, 4.69) is 14.9 Å². The van der Waals surface area contributed by atoms with Crippen molar-refractivity contribution in [3.05, 3.63) is 54.3 Å². The number of nitrogens with zero attached hydrogens (tertiary/aromatic N) is 6. The summed E-state index contributed by atoms with van der Waals surface area (Å²) in [5.74, 6) is 1.21. The number of benzene rings is 2. The molecular formula is C25H28FN7O2. The Morgan fingerprint density at radius 2 is 1.80 bits per heavy atom. The number of ether oxygens (including phenoxy) is 2. The molecule has 2 aromatic heterocycles. The van der Waals surface area contributed by atoms with Crippen LogP contribution in [0.4, 0.5) is 16.2 Å². The lowest BCUT2D eigenvalue weighted by molar-refractivity contribution is 0.144. The van der Waals surface area contributed by atoms with E-state index in [1.165, 1.54) is 16.8 Å². The minimum Gasteiger partial charge on any atom is -0.496 e. The van der Waals surface area contributed by atoms with Crippen LogP contribution in [-0.4, -0.2) is 78.2 Å². The van der Waals surface area contributed by atoms with E-state index in [0.29, 0.717) is 46.5 Å². The van der Waals surface area contributed by atoms with Crippen molar-refractivity contribution in [3.8, 4) is 22.7 Å². The minimum atomic E-state index is -0.371. The SMILES string of the molecule is COCCN1CCN(c2nc(-c3ccccc3OC)c3c(N)n(-c4cccc(F)c4)nc3n2)CC1. The molecule has 182 valence electrons. The Balaban J connectivity index is 1.62. The quantitative estimate of drug-likeness (QED) is 0.434. The summed E-state index contributed by atoms with van der Waals surface area (Å²) in [6.45, 7) is 4.92. The van der Waals surface area contributed by atoms with E-state index >= 15 is 0 Å². The summed E-state index contributed by atoms with van der Waals surface area (Å²) in [6, 6.07) is 13.8. The van der Waals surface area contributed by atoms with Crippen LogP contribution >= 0.6 is 0 Å². The van der Waals surface area contributed by atoms with Gasteiger partial charge in [-0.25, -0.2) is 14.1 Å². The Morgan fingerprint density at radius 1 is 1.00 bits per heavy atom. The Bertz CT molecular complexity index is 1330. The zero-order chi connectivity index (χ0) is 24.4. The molecule has 4 aromatic rings. The first-order chi connectivity index (χ1) is 17.1. The Hall–Kier alpha value is -3.76. The lowest BCUT2D eigenvalue weighted by Gasteiger charge is -2.34. The molecule has 1 saturated heterocycles. The van der Waals surface area contributed by atoms with Crippen LogP contribution in [0.25, 0.3) is 28.0 Å². The molecule has 35 heavy (non-hydrogen) atoms. The molecule has 1 fully saturated rings. The molecule has 0 bridgehead atoms. The van der Waals surface area contributed by atoms with Gasteiger partial charge >= 0.3 is 0 Å². The number of nitrogens with two attached hydrogens (primary N) is 1. The predicted octanol–water partition coefficient (Wildman–Crippen LogP) is 2.98. The fourth-order valence-electron chi connectivity index (χ4n) is 4.37. The van der Waals surface area contributed by atoms with E-state index in [-0.39, 0.29) is 5.82 Å². The summed E-state index contributed by atoms with van der Waals surface area (Å²) in [4.78, 5) is 14.3. The van der Waals surface area contributed by atoms with Gasteiger partial charge < -0.3 is 20.1 Å². The number of piperazine rings is 1. The van der Waals surface area contributed by atoms with Gasteiger partial charge in [0.15, 0.2) is 5.65 Å². The van der Waals surface area contributed by atoms with Crippen molar-refractivity contribution in [1.82, 2.24) is 24.6 Å². The van der Waals surface area contributed by atoms with Gasteiger partial charge in [-0.1, -0.05) is 18.2 Å². The van der Waals surface area contributed by atoms with Crippen molar-refractivity contribution in [2.75, 3.05) is 64.2 Å². The van der Waals surface area contributed by atoms with Crippen LogP contribution in [0, 0.1) is 5.82 Å². The standard InChI is InChI=1S/C25H28FN7O2/c1-34-15-14-31-10-12-32(13-11-31)25-28-22(19-8-3-4-9-20(19)35-2)21-23(27)33(30-24(21)29-25)18-7-5-6-17(26)16-18/h3-9,16H,10-15,27H2,1-2H3. The third-order valence-electron chi connectivity index (χ3n) is 6.24. The number of para-hydroxylation sites is 1. The van der Waals surface area contributed by atoms with Gasteiger partial charge in [-0.3, -0.25) is 4.90 Å². The van der Waals surface area contributed by atoms with Gasteiger partial charge in [-0.2, -0.15) is 4.98 Å². The Kier molecular flexibility index (Phi) is 6.47. The molecule has 0 unspecified atom stereocenters. The fraction of sp³-hybridized carbons (Fsp3) is 0.320. The van der Waals surface area contributed by atoms with Gasteiger partial charge in [-0.15, -0.1) is 5.10 Å². The first-order valence-electron chi connectivity index (χ1n) is 11.5. The van der Waals surface area contributed by atoms with E-state index in [1.807, 2.05) is 24.3 Å². The number of hydrogen-bond donors (Lipinski definition) is 1. The molecule has 0 saturated carbocycles. The van der Waals surface area contributed by atoms with Gasteiger partial charge in [0.25, 0.3) is 0 Å². The van der Waals surface area contributed by atoms with Crippen molar-refractivity contribution < 1.29 is 13.9 Å². The number of aromatic nitrogens is 4. The maximum atomic E-state index is 14.0. The maximum absolute atomic E-state index is 14.0. The normalized spacial score (nSPS) is 14.5. The molecule has 3 heterocycles. The zero-order valence-corrected chi connectivity index (χ0v) is 19.8. The van der Waals surface area contributed by atoms with Gasteiger partial charge in [0.2, 0.25) is 5.95 Å². The number of rotatable bonds is 7. The van der Waals surface area contributed by atoms with Crippen LogP contribution in [0.2, 0.25) is 0 Å². The molecule has 5 rings (SSSR count). The smallest absolute Gasteiger partial charge is 0.228 e. The van der Waals surface area contributed by atoms with Gasteiger partial charge in [0.05, 0.1) is 30.5 Å². The summed E-state index contributed by atoms with van der Waals surface area (Å²) in [7, 11) is 3.34. The Morgan fingerprint density at radius 3 is 2.54 bits per heavy atom. The first-order valence-corrected chi connectivity index (χ1v) is 11.5. The third-order valence-corrected chi connectivity index (χ3v) is 6.24. The van der Waals surface area contributed by atoms with Gasteiger partial charge in [0, 0.05) is 45.4 Å². The summed E-state index contributed by atoms with van der Waals surface area (Å²) >= 11 is 0. The van der Waals surface area contributed by atoms with E-state index in [1.54, 1.807) is 26.4 Å². The molecule has 0 radical (unpaired) electrons. The predicted molar refractivity (Wildman–Crippen MR) is 134 cm³/mol. The molecule has 1 aliphatic rings. The summed E-state index contributed by atoms with van der Waals surface area (Å²) < 4.78 is 26.3. The van der Waals surface area contributed by atoms with Crippen LogP contribution in [0.5, 0.6) is 5.75 Å². The van der Waals surface area contributed by atoms with Crippen molar-refractivity contribution in [2.45, 2.75) is 0 Å². The third kappa shape index (κ3) is 4.50. The van der Waals surface area contributed by atoms with E-state index < -0.39 is 0 Å². The number of anilines is 2. The molecule has 9 nitrogen and oxygen atoms in total. The van der Waals surface area contributed by atoms with Crippen LogP contribution in [0.3, 0.4) is 0 Å². The maximum Gasteiger partial charge on any atom is 0.228 e. The summed E-state index contributed by atoms with van der Waals surface area (Å²) in [5, 5.41) is 5.25. The summed E-state index contributed by atoms with van der Waals surface area (Å²) in [5.41, 5.74) is 8.94. The topological polar surface area (TPSA) is 94.6 Å². The van der Waals surface area contributed by atoms with E-state index in [0.717, 1.165) is 38.3 Å². The summed E-state index contributed by atoms with van der Waals surface area (Å²) in [6.07, 6.45) is 0. The molecule has 0 aliphatic carbocycles. The molecular weight excluding hydrogens is 449 g/mol.